The second kappa shape index (κ2) is 4.14. The summed E-state index contributed by atoms with van der Waals surface area (Å²) >= 11 is 0. The maximum atomic E-state index is 11.8. The number of aliphatic hydroxyl groups is 1. The standard InChI is InChI=1S/C8H18N2O3S/c1-6-4-10(5-8(6)11)14(12,13)7(2)3-9/h6-8,11H,3-5,9H2,1-2H3. The van der Waals surface area contributed by atoms with E-state index in [-0.39, 0.29) is 19.0 Å². The van der Waals surface area contributed by atoms with E-state index in [4.69, 9.17) is 5.73 Å². The largest absolute Gasteiger partial charge is 0.391 e. The zero-order chi connectivity index (χ0) is 10.9. The van der Waals surface area contributed by atoms with Gasteiger partial charge in [-0.3, -0.25) is 0 Å². The minimum absolute atomic E-state index is 0.00903. The van der Waals surface area contributed by atoms with E-state index in [0.29, 0.717) is 6.54 Å². The molecule has 0 saturated carbocycles. The van der Waals surface area contributed by atoms with Crippen LogP contribution in [0.5, 0.6) is 0 Å². The number of sulfonamides is 1. The predicted molar refractivity (Wildman–Crippen MR) is 54.2 cm³/mol. The quantitative estimate of drug-likeness (QED) is 0.640. The van der Waals surface area contributed by atoms with E-state index in [9.17, 15) is 13.5 Å². The van der Waals surface area contributed by atoms with Crippen LogP contribution < -0.4 is 5.73 Å². The molecule has 0 radical (unpaired) electrons. The summed E-state index contributed by atoms with van der Waals surface area (Å²) in [7, 11) is -3.31. The lowest BCUT2D eigenvalue weighted by Gasteiger charge is -2.19. The molecule has 0 aromatic carbocycles. The molecule has 5 nitrogen and oxygen atoms in total. The molecular formula is C8H18N2O3S. The monoisotopic (exact) mass is 222 g/mol. The lowest BCUT2D eigenvalue weighted by Crippen LogP contribution is -2.39. The van der Waals surface area contributed by atoms with E-state index in [1.54, 1.807) is 6.92 Å². The van der Waals surface area contributed by atoms with Crippen LogP contribution in [0.3, 0.4) is 0 Å². The molecule has 0 bridgehead atoms. The number of rotatable bonds is 3. The van der Waals surface area contributed by atoms with E-state index in [1.165, 1.54) is 4.31 Å². The molecule has 0 aromatic rings. The van der Waals surface area contributed by atoms with Gasteiger partial charge in [0.05, 0.1) is 11.4 Å². The van der Waals surface area contributed by atoms with Crippen LogP contribution in [-0.2, 0) is 10.0 Å². The second-order valence-corrected chi connectivity index (χ2v) is 6.30. The van der Waals surface area contributed by atoms with Gasteiger partial charge in [-0.2, -0.15) is 4.31 Å². The van der Waals surface area contributed by atoms with Crippen molar-refractivity contribution >= 4 is 10.0 Å². The molecule has 0 aromatic heterocycles. The lowest BCUT2D eigenvalue weighted by molar-refractivity contribution is 0.153. The highest BCUT2D eigenvalue weighted by molar-refractivity contribution is 7.89. The summed E-state index contributed by atoms with van der Waals surface area (Å²) in [5, 5.41) is 8.88. The third kappa shape index (κ3) is 2.08. The number of hydrogen-bond donors (Lipinski definition) is 2. The summed E-state index contributed by atoms with van der Waals surface area (Å²) in [6, 6.07) is 0. The second-order valence-electron chi connectivity index (χ2n) is 3.95. The first-order chi connectivity index (χ1) is 6.39. The maximum Gasteiger partial charge on any atom is 0.218 e. The van der Waals surface area contributed by atoms with Crippen molar-refractivity contribution in [2.24, 2.45) is 11.7 Å². The van der Waals surface area contributed by atoms with Crippen LogP contribution in [0, 0.1) is 5.92 Å². The molecule has 1 rings (SSSR count). The van der Waals surface area contributed by atoms with Crippen molar-refractivity contribution in [3.63, 3.8) is 0 Å². The molecule has 1 aliphatic heterocycles. The average molecular weight is 222 g/mol. The molecule has 0 amide bonds. The van der Waals surface area contributed by atoms with Gasteiger partial charge in [0.25, 0.3) is 0 Å². The average Bonchev–Trinajstić information content (AvgIpc) is 2.46. The first-order valence-electron chi connectivity index (χ1n) is 4.76. The maximum absolute atomic E-state index is 11.8. The summed E-state index contributed by atoms with van der Waals surface area (Å²) in [6.45, 7) is 4.14. The van der Waals surface area contributed by atoms with Crippen molar-refractivity contribution in [2.75, 3.05) is 19.6 Å². The van der Waals surface area contributed by atoms with Gasteiger partial charge in [-0.1, -0.05) is 6.92 Å². The summed E-state index contributed by atoms with van der Waals surface area (Å²) in [4.78, 5) is 0. The smallest absolute Gasteiger partial charge is 0.218 e. The first-order valence-corrected chi connectivity index (χ1v) is 6.27. The van der Waals surface area contributed by atoms with Gasteiger partial charge < -0.3 is 10.8 Å². The molecule has 84 valence electrons. The van der Waals surface area contributed by atoms with E-state index in [2.05, 4.69) is 0 Å². The molecule has 1 aliphatic rings. The van der Waals surface area contributed by atoms with Crippen molar-refractivity contribution in [3.8, 4) is 0 Å². The van der Waals surface area contributed by atoms with Crippen LogP contribution in [0.25, 0.3) is 0 Å². The predicted octanol–water partition coefficient (Wildman–Crippen LogP) is -1.02. The fourth-order valence-electron chi connectivity index (χ4n) is 1.49. The van der Waals surface area contributed by atoms with Crippen LogP contribution in [0.2, 0.25) is 0 Å². The highest BCUT2D eigenvalue weighted by Crippen LogP contribution is 2.21. The summed E-state index contributed by atoms with van der Waals surface area (Å²) in [5.74, 6) is 0.00903. The van der Waals surface area contributed by atoms with Crippen molar-refractivity contribution < 1.29 is 13.5 Å². The molecule has 1 saturated heterocycles. The molecule has 3 unspecified atom stereocenters. The van der Waals surface area contributed by atoms with Gasteiger partial charge in [-0.25, -0.2) is 8.42 Å². The van der Waals surface area contributed by atoms with Crippen LogP contribution in [-0.4, -0.2) is 48.8 Å². The SMILES string of the molecule is CC1CN(S(=O)(=O)C(C)CN)CC1O. The Labute approximate surface area is 84.9 Å². The molecule has 3 N–H and O–H groups in total. The van der Waals surface area contributed by atoms with Gasteiger partial charge in [-0.15, -0.1) is 0 Å². The zero-order valence-electron chi connectivity index (χ0n) is 8.55. The van der Waals surface area contributed by atoms with Crippen LogP contribution in [0.4, 0.5) is 0 Å². The van der Waals surface area contributed by atoms with E-state index in [1.807, 2.05) is 6.92 Å². The molecule has 3 atom stereocenters. The van der Waals surface area contributed by atoms with E-state index >= 15 is 0 Å². The molecule has 1 heterocycles. The molecule has 14 heavy (non-hydrogen) atoms. The fourth-order valence-corrected chi connectivity index (χ4v) is 3.05. The van der Waals surface area contributed by atoms with E-state index < -0.39 is 21.4 Å². The van der Waals surface area contributed by atoms with Crippen LogP contribution in [0.1, 0.15) is 13.8 Å². The van der Waals surface area contributed by atoms with Crippen molar-refractivity contribution in [2.45, 2.75) is 25.2 Å². The normalized spacial score (nSPS) is 32.0. The summed E-state index contributed by atoms with van der Waals surface area (Å²) < 4.78 is 24.9. The molecule has 0 aliphatic carbocycles. The minimum Gasteiger partial charge on any atom is -0.391 e. The van der Waals surface area contributed by atoms with Gasteiger partial charge in [-0.05, 0) is 12.8 Å². The topological polar surface area (TPSA) is 83.6 Å². The molecule has 1 fully saturated rings. The first kappa shape index (κ1) is 11.9. The Morgan fingerprint density at radius 3 is 2.50 bits per heavy atom. The highest BCUT2D eigenvalue weighted by Gasteiger charge is 2.37. The van der Waals surface area contributed by atoms with Gasteiger partial charge in [0.15, 0.2) is 0 Å². The molecule has 6 heteroatoms. The van der Waals surface area contributed by atoms with Gasteiger partial charge >= 0.3 is 0 Å². The third-order valence-electron chi connectivity index (χ3n) is 2.74. The van der Waals surface area contributed by atoms with Crippen LogP contribution >= 0.6 is 0 Å². The number of nitrogens with zero attached hydrogens (tertiary/aromatic N) is 1. The number of β-amino-alcohol motifs (C(OH)–C–C–N with tert-alkyl or cyclic N) is 1. The van der Waals surface area contributed by atoms with Crippen molar-refractivity contribution in [1.29, 1.82) is 0 Å². The van der Waals surface area contributed by atoms with Crippen molar-refractivity contribution in [3.05, 3.63) is 0 Å². The Morgan fingerprint density at radius 1 is 1.57 bits per heavy atom. The Bertz CT molecular complexity index is 281. The molecular weight excluding hydrogens is 204 g/mol. The van der Waals surface area contributed by atoms with Gasteiger partial charge in [0.2, 0.25) is 10.0 Å². The summed E-state index contributed by atoms with van der Waals surface area (Å²) in [5.41, 5.74) is 5.33. The number of hydrogen-bond acceptors (Lipinski definition) is 4. The minimum atomic E-state index is -3.31. The number of aliphatic hydroxyl groups excluding tert-OH is 1. The Hall–Kier alpha value is -0.170. The fraction of sp³-hybridized carbons (Fsp3) is 1.00. The van der Waals surface area contributed by atoms with Gasteiger partial charge in [0, 0.05) is 19.6 Å². The molecule has 0 spiro atoms. The highest BCUT2D eigenvalue weighted by atomic mass is 32.2. The third-order valence-corrected chi connectivity index (χ3v) is 4.97. The number of nitrogens with two attached hydrogens (primary N) is 1. The van der Waals surface area contributed by atoms with Crippen molar-refractivity contribution in [1.82, 2.24) is 4.31 Å². The van der Waals surface area contributed by atoms with Gasteiger partial charge in [0.1, 0.15) is 0 Å². The van der Waals surface area contributed by atoms with Crippen LogP contribution in [0.15, 0.2) is 0 Å². The Morgan fingerprint density at radius 2 is 2.14 bits per heavy atom. The Balaban J connectivity index is 2.76. The lowest BCUT2D eigenvalue weighted by atomic mass is 10.1. The Kier molecular flexibility index (Phi) is 3.52. The zero-order valence-corrected chi connectivity index (χ0v) is 9.37. The summed E-state index contributed by atoms with van der Waals surface area (Å²) in [6.07, 6.45) is -0.547. The van der Waals surface area contributed by atoms with E-state index in [0.717, 1.165) is 0 Å².